The fraction of sp³-hybridized carbons (Fsp3) is 0.333. The second-order valence-electron chi connectivity index (χ2n) is 3.30. The molecule has 0 bridgehead atoms. The summed E-state index contributed by atoms with van der Waals surface area (Å²) in [6.45, 7) is 2.25. The summed E-state index contributed by atoms with van der Waals surface area (Å²) in [7, 11) is 0. The van der Waals surface area contributed by atoms with Gasteiger partial charge in [0.15, 0.2) is 0 Å². The van der Waals surface area contributed by atoms with E-state index in [1.165, 1.54) is 24.8 Å². The largest absolute Gasteiger partial charge is 0.0663 e. The molecule has 0 saturated heterocycles. The summed E-state index contributed by atoms with van der Waals surface area (Å²) in [5.41, 5.74) is 4.68. The van der Waals surface area contributed by atoms with E-state index in [0.29, 0.717) is 0 Å². The maximum absolute atomic E-state index is 2.25. The van der Waals surface area contributed by atoms with E-state index in [2.05, 4.69) is 37.3 Å². The van der Waals surface area contributed by atoms with Gasteiger partial charge in [0, 0.05) is 0 Å². The Kier molecular flexibility index (Phi) is 1.99. The molecule has 1 aromatic rings. The number of hydrogen-bond acceptors (Lipinski definition) is 0. The quantitative estimate of drug-likeness (QED) is 0.616. The lowest BCUT2D eigenvalue weighted by Crippen LogP contribution is -2.01. The van der Waals surface area contributed by atoms with Crippen LogP contribution in [0.15, 0.2) is 35.9 Å². The van der Waals surface area contributed by atoms with Crippen molar-refractivity contribution in [2.24, 2.45) is 0 Å². The molecule has 2 rings (SSSR count). The highest BCUT2D eigenvalue weighted by molar-refractivity contribution is 5.73. The Hall–Kier alpha value is -1.04. The van der Waals surface area contributed by atoms with Gasteiger partial charge in [-0.05, 0) is 30.4 Å². The van der Waals surface area contributed by atoms with Gasteiger partial charge >= 0.3 is 0 Å². The van der Waals surface area contributed by atoms with Crippen LogP contribution in [0, 0.1) is 0 Å². The molecular weight excluding hydrogens is 144 g/mol. The Balaban J connectivity index is 2.33. The van der Waals surface area contributed by atoms with Gasteiger partial charge in [0.2, 0.25) is 0 Å². The van der Waals surface area contributed by atoms with Crippen molar-refractivity contribution in [3.63, 3.8) is 0 Å². The van der Waals surface area contributed by atoms with Gasteiger partial charge < -0.3 is 0 Å². The number of benzene rings is 1. The molecule has 1 aromatic carbocycles. The lowest BCUT2D eigenvalue weighted by Gasteiger charge is -2.23. The molecule has 1 aliphatic carbocycles. The Morgan fingerprint density at radius 2 is 1.83 bits per heavy atom. The zero-order valence-electron chi connectivity index (χ0n) is 7.51. The molecule has 0 spiro atoms. The van der Waals surface area contributed by atoms with Gasteiger partial charge in [-0.3, -0.25) is 0 Å². The minimum atomic E-state index is 1.23. The molecule has 0 fully saturated rings. The monoisotopic (exact) mass is 158 g/mol. The first-order valence-electron chi connectivity index (χ1n) is 4.68. The average Bonchev–Trinajstić information content (AvgIpc) is 2.05. The fourth-order valence-electron chi connectivity index (χ4n) is 1.80. The van der Waals surface area contributed by atoms with Gasteiger partial charge in [0.25, 0.3) is 0 Å². The van der Waals surface area contributed by atoms with Gasteiger partial charge in [-0.2, -0.15) is 0 Å². The van der Waals surface area contributed by atoms with E-state index in [0.717, 1.165) is 0 Å². The van der Waals surface area contributed by atoms with Crippen LogP contribution >= 0.6 is 0 Å². The Labute approximate surface area is 73.9 Å². The fourth-order valence-corrected chi connectivity index (χ4v) is 1.80. The van der Waals surface area contributed by atoms with Crippen LogP contribution in [0.3, 0.4) is 0 Å². The first-order chi connectivity index (χ1) is 5.92. The molecule has 0 radical (unpaired) electrons. The molecular formula is C12H14. The number of hydrogen-bond donors (Lipinski definition) is 0. The zero-order chi connectivity index (χ0) is 8.39. The van der Waals surface area contributed by atoms with E-state index in [9.17, 15) is 0 Å². The Bertz CT molecular complexity index is 293. The van der Waals surface area contributed by atoms with Crippen LogP contribution in [-0.4, -0.2) is 0 Å². The van der Waals surface area contributed by atoms with Crippen molar-refractivity contribution in [3.05, 3.63) is 41.5 Å². The first kappa shape index (κ1) is 7.60. The molecule has 62 valence electrons. The van der Waals surface area contributed by atoms with E-state index in [1.807, 2.05) is 0 Å². The van der Waals surface area contributed by atoms with E-state index >= 15 is 0 Å². The van der Waals surface area contributed by atoms with Crippen molar-refractivity contribution in [1.82, 2.24) is 0 Å². The summed E-state index contributed by atoms with van der Waals surface area (Å²) in [6, 6.07) is 10.7. The summed E-state index contributed by atoms with van der Waals surface area (Å²) < 4.78 is 0. The molecule has 1 aliphatic rings. The molecule has 12 heavy (non-hydrogen) atoms. The van der Waals surface area contributed by atoms with Gasteiger partial charge in [0.05, 0.1) is 0 Å². The first-order valence-corrected chi connectivity index (χ1v) is 4.68. The van der Waals surface area contributed by atoms with Crippen molar-refractivity contribution < 1.29 is 0 Å². The topological polar surface area (TPSA) is 0 Å². The van der Waals surface area contributed by atoms with Gasteiger partial charge in [-0.15, -0.1) is 0 Å². The van der Waals surface area contributed by atoms with Crippen LogP contribution in [0.25, 0.3) is 5.57 Å². The van der Waals surface area contributed by atoms with E-state index < -0.39 is 0 Å². The van der Waals surface area contributed by atoms with Crippen molar-refractivity contribution >= 4 is 5.57 Å². The molecule has 0 heteroatoms. The third-order valence-electron chi connectivity index (χ3n) is 2.65. The molecule has 0 aromatic heterocycles. The number of allylic oxidation sites excluding steroid dienone is 2. The molecule has 0 unspecified atom stereocenters. The average molecular weight is 158 g/mol. The summed E-state index contributed by atoms with van der Waals surface area (Å²) in [5.74, 6) is 0. The second kappa shape index (κ2) is 3.14. The third-order valence-corrected chi connectivity index (χ3v) is 2.65. The SMILES string of the molecule is CCC1=C(c2ccccc2)CC1. The lowest BCUT2D eigenvalue weighted by atomic mass is 9.82. The predicted molar refractivity (Wildman–Crippen MR) is 52.9 cm³/mol. The standard InChI is InChI=1S/C12H14/c1-2-10-8-9-12(10)11-6-4-3-5-7-11/h3-7H,2,8-9H2,1H3. The van der Waals surface area contributed by atoms with E-state index in [-0.39, 0.29) is 0 Å². The van der Waals surface area contributed by atoms with Gasteiger partial charge in [-0.1, -0.05) is 42.8 Å². The van der Waals surface area contributed by atoms with Crippen LogP contribution in [0.2, 0.25) is 0 Å². The maximum Gasteiger partial charge on any atom is -0.0225 e. The smallest absolute Gasteiger partial charge is 0.0225 e. The van der Waals surface area contributed by atoms with Crippen LogP contribution < -0.4 is 0 Å². The van der Waals surface area contributed by atoms with Crippen molar-refractivity contribution in [3.8, 4) is 0 Å². The number of rotatable bonds is 2. The minimum absolute atomic E-state index is 1.23. The summed E-state index contributed by atoms with van der Waals surface area (Å²) in [5, 5.41) is 0. The molecule has 0 N–H and O–H groups in total. The molecule has 0 nitrogen and oxygen atoms in total. The van der Waals surface area contributed by atoms with Crippen molar-refractivity contribution in [1.29, 1.82) is 0 Å². The summed E-state index contributed by atoms with van der Waals surface area (Å²) >= 11 is 0. The highest BCUT2D eigenvalue weighted by Gasteiger charge is 2.15. The second-order valence-corrected chi connectivity index (χ2v) is 3.30. The molecule has 0 saturated carbocycles. The molecule has 0 atom stereocenters. The van der Waals surface area contributed by atoms with Gasteiger partial charge in [0.1, 0.15) is 0 Å². The van der Waals surface area contributed by atoms with Crippen molar-refractivity contribution in [2.45, 2.75) is 26.2 Å². The van der Waals surface area contributed by atoms with E-state index in [1.54, 1.807) is 11.1 Å². The summed E-state index contributed by atoms with van der Waals surface area (Å²) in [4.78, 5) is 0. The molecule has 0 heterocycles. The summed E-state index contributed by atoms with van der Waals surface area (Å²) in [6.07, 6.45) is 3.83. The lowest BCUT2D eigenvalue weighted by molar-refractivity contribution is 0.840. The molecule has 0 aliphatic heterocycles. The van der Waals surface area contributed by atoms with Gasteiger partial charge in [-0.25, -0.2) is 0 Å². The maximum atomic E-state index is 2.25. The minimum Gasteiger partial charge on any atom is -0.0663 e. The third kappa shape index (κ3) is 1.18. The van der Waals surface area contributed by atoms with E-state index in [4.69, 9.17) is 0 Å². The van der Waals surface area contributed by atoms with Crippen LogP contribution in [0.1, 0.15) is 31.7 Å². The van der Waals surface area contributed by atoms with Crippen LogP contribution in [-0.2, 0) is 0 Å². The van der Waals surface area contributed by atoms with Crippen LogP contribution in [0.5, 0.6) is 0 Å². The highest BCUT2D eigenvalue weighted by atomic mass is 14.2. The predicted octanol–water partition coefficient (Wildman–Crippen LogP) is 3.64. The normalized spacial score (nSPS) is 16.1. The van der Waals surface area contributed by atoms with Crippen molar-refractivity contribution in [2.75, 3.05) is 0 Å². The highest BCUT2D eigenvalue weighted by Crippen LogP contribution is 2.37. The zero-order valence-corrected chi connectivity index (χ0v) is 7.51. The van der Waals surface area contributed by atoms with Crippen LogP contribution in [0.4, 0.5) is 0 Å². The molecule has 0 amide bonds. The Morgan fingerprint density at radius 1 is 1.08 bits per heavy atom. The Morgan fingerprint density at radius 3 is 2.33 bits per heavy atom.